The molecule has 9 heteroatoms. The smallest absolute Gasteiger partial charge is 0.187 e. The highest BCUT2D eigenvalue weighted by Gasteiger charge is 2.42. The largest absolute Gasteiger partial charge is 0.394 e. The van der Waals surface area contributed by atoms with E-state index in [1.54, 1.807) is 0 Å². The lowest BCUT2D eigenvalue weighted by molar-refractivity contribution is -0.354. The molecule has 0 amide bonds. The van der Waals surface area contributed by atoms with E-state index in [0.717, 1.165) is 0 Å². The first-order valence-electron chi connectivity index (χ1n) is 6.86. The molecule has 2 aliphatic heterocycles. The highest BCUT2D eigenvalue weighted by atomic mass is 16.8. The molecule has 2 heterocycles. The Labute approximate surface area is 121 Å². The van der Waals surface area contributed by atoms with Crippen LogP contribution >= 0.6 is 0 Å². The Morgan fingerprint density at radius 3 is 1.43 bits per heavy atom. The van der Waals surface area contributed by atoms with Crippen LogP contribution < -0.4 is 0 Å². The minimum atomic E-state index is -1.19. The molecule has 124 valence electrons. The topological polar surface area (TPSA) is 149 Å². The minimum Gasteiger partial charge on any atom is -0.394 e. The van der Waals surface area contributed by atoms with Gasteiger partial charge in [0.25, 0.3) is 0 Å². The standard InChI is InChI=1S/C12H22O9/c13-3-9-5(15)1-7(17)11(19-9)21-12-8(18)2-6(16)10(4-14)20-12/h5-18H,1-4H2/t5-,6-,7-,8+,9+,10+,11+,12+/m0/s1. The van der Waals surface area contributed by atoms with E-state index in [4.69, 9.17) is 24.4 Å². The number of hydrogen-bond acceptors (Lipinski definition) is 9. The van der Waals surface area contributed by atoms with E-state index < -0.39 is 62.4 Å². The zero-order valence-corrected chi connectivity index (χ0v) is 11.4. The normalized spacial score (nSPS) is 48.3. The molecule has 2 aliphatic rings. The fraction of sp³-hybridized carbons (Fsp3) is 1.00. The van der Waals surface area contributed by atoms with Crippen molar-refractivity contribution >= 4 is 0 Å². The predicted octanol–water partition coefficient (Wildman–Crippen LogP) is -3.34. The molecule has 21 heavy (non-hydrogen) atoms. The summed E-state index contributed by atoms with van der Waals surface area (Å²) in [6, 6.07) is 0. The van der Waals surface area contributed by atoms with Gasteiger partial charge in [-0.25, -0.2) is 0 Å². The van der Waals surface area contributed by atoms with Crippen LogP contribution in [0.2, 0.25) is 0 Å². The van der Waals surface area contributed by atoms with Crippen LogP contribution in [0.3, 0.4) is 0 Å². The van der Waals surface area contributed by atoms with Gasteiger partial charge in [-0.05, 0) is 0 Å². The van der Waals surface area contributed by atoms with E-state index >= 15 is 0 Å². The van der Waals surface area contributed by atoms with Gasteiger partial charge < -0.3 is 44.8 Å². The van der Waals surface area contributed by atoms with Crippen molar-refractivity contribution in [1.29, 1.82) is 0 Å². The molecule has 0 spiro atoms. The van der Waals surface area contributed by atoms with E-state index in [2.05, 4.69) is 0 Å². The quantitative estimate of drug-likeness (QED) is 0.313. The van der Waals surface area contributed by atoms with Crippen molar-refractivity contribution in [1.82, 2.24) is 0 Å². The van der Waals surface area contributed by atoms with Crippen molar-refractivity contribution in [3.8, 4) is 0 Å². The maximum absolute atomic E-state index is 9.82. The van der Waals surface area contributed by atoms with Gasteiger partial charge in [-0.15, -0.1) is 0 Å². The fourth-order valence-corrected chi connectivity index (χ4v) is 2.44. The van der Waals surface area contributed by atoms with Crippen molar-refractivity contribution in [2.24, 2.45) is 0 Å². The third kappa shape index (κ3) is 3.89. The molecule has 8 atom stereocenters. The minimum absolute atomic E-state index is 0.0508. The van der Waals surface area contributed by atoms with Crippen LogP contribution in [0, 0.1) is 0 Å². The van der Waals surface area contributed by atoms with Gasteiger partial charge in [0.05, 0.1) is 25.4 Å². The molecule has 2 rings (SSSR count). The second-order valence-electron chi connectivity index (χ2n) is 5.33. The SMILES string of the molecule is OC[C@H]1O[C@H](O[C@H]2O[C@H](CO)[C@@H](O)C[C@@H]2O)[C@H](O)C[C@@H]1O. The van der Waals surface area contributed by atoms with E-state index in [9.17, 15) is 20.4 Å². The molecule has 0 aliphatic carbocycles. The Balaban J connectivity index is 1.96. The highest BCUT2D eigenvalue weighted by molar-refractivity contribution is 4.84. The highest BCUT2D eigenvalue weighted by Crippen LogP contribution is 2.27. The molecule has 9 nitrogen and oxygen atoms in total. The Hall–Kier alpha value is -0.360. The average Bonchev–Trinajstić information content (AvgIpc) is 2.44. The first-order chi connectivity index (χ1) is 9.96. The first kappa shape index (κ1) is 17.0. The molecular formula is C12H22O9. The Kier molecular flexibility index (Phi) is 5.88. The monoisotopic (exact) mass is 310 g/mol. The summed E-state index contributed by atoms with van der Waals surface area (Å²) >= 11 is 0. The zero-order valence-electron chi connectivity index (χ0n) is 11.4. The first-order valence-corrected chi connectivity index (χ1v) is 6.86. The number of aliphatic hydroxyl groups is 6. The van der Waals surface area contributed by atoms with Crippen molar-refractivity contribution in [3.05, 3.63) is 0 Å². The summed E-state index contributed by atoms with van der Waals surface area (Å²) in [5.41, 5.74) is 0. The van der Waals surface area contributed by atoms with Gasteiger partial charge in [0.1, 0.15) is 24.4 Å². The molecule has 6 N–H and O–H groups in total. The van der Waals surface area contributed by atoms with Gasteiger partial charge in [-0.2, -0.15) is 0 Å². The van der Waals surface area contributed by atoms with Crippen LogP contribution in [0.1, 0.15) is 12.8 Å². The summed E-state index contributed by atoms with van der Waals surface area (Å²) in [5, 5.41) is 56.9. The molecule has 0 radical (unpaired) electrons. The molecule has 0 aromatic heterocycles. The third-order valence-corrected chi connectivity index (χ3v) is 3.70. The third-order valence-electron chi connectivity index (χ3n) is 3.70. The molecule has 2 saturated heterocycles. The van der Waals surface area contributed by atoms with Crippen molar-refractivity contribution in [3.63, 3.8) is 0 Å². The van der Waals surface area contributed by atoms with Gasteiger partial charge in [0, 0.05) is 12.8 Å². The summed E-state index contributed by atoms with van der Waals surface area (Å²) in [6.07, 6.45) is -8.65. The Bertz CT molecular complexity index is 298. The molecule has 2 fully saturated rings. The second kappa shape index (κ2) is 7.27. The summed E-state index contributed by atoms with van der Waals surface area (Å²) in [5.74, 6) is 0. The lowest BCUT2D eigenvalue weighted by atomic mass is 10.0. The summed E-state index contributed by atoms with van der Waals surface area (Å²) in [7, 11) is 0. The number of ether oxygens (including phenoxy) is 3. The van der Waals surface area contributed by atoms with E-state index in [1.807, 2.05) is 0 Å². The Morgan fingerprint density at radius 1 is 0.714 bits per heavy atom. The lowest BCUT2D eigenvalue weighted by Gasteiger charge is -2.41. The fourth-order valence-electron chi connectivity index (χ4n) is 2.44. The van der Waals surface area contributed by atoms with E-state index in [0.29, 0.717) is 0 Å². The zero-order chi connectivity index (χ0) is 15.6. The predicted molar refractivity (Wildman–Crippen MR) is 65.8 cm³/mol. The van der Waals surface area contributed by atoms with Crippen LogP contribution in [0.25, 0.3) is 0 Å². The summed E-state index contributed by atoms with van der Waals surface area (Å²) < 4.78 is 15.8. The number of aliphatic hydroxyl groups excluding tert-OH is 6. The van der Waals surface area contributed by atoms with E-state index in [-0.39, 0.29) is 12.8 Å². The molecule has 0 aromatic carbocycles. The van der Waals surface area contributed by atoms with Crippen molar-refractivity contribution < 1.29 is 44.8 Å². The van der Waals surface area contributed by atoms with Gasteiger partial charge in [0.15, 0.2) is 12.6 Å². The van der Waals surface area contributed by atoms with Crippen LogP contribution in [-0.2, 0) is 14.2 Å². The van der Waals surface area contributed by atoms with Gasteiger partial charge in [0.2, 0.25) is 0 Å². The van der Waals surface area contributed by atoms with Crippen LogP contribution in [0.15, 0.2) is 0 Å². The maximum Gasteiger partial charge on any atom is 0.187 e. The molecule has 0 unspecified atom stereocenters. The Morgan fingerprint density at radius 2 is 1.10 bits per heavy atom. The van der Waals surface area contributed by atoms with Crippen LogP contribution in [0.4, 0.5) is 0 Å². The van der Waals surface area contributed by atoms with Crippen LogP contribution in [0.5, 0.6) is 0 Å². The molecule has 0 bridgehead atoms. The molecule has 0 aromatic rings. The second-order valence-corrected chi connectivity index (χ2v) is 5.33. The molecular weight excluding hydrogens is 288 g/mol. The number of hydrogen-bond donors (Lipinski definition) is 6. The summed E-state index contributed by atoms with van der Waals surface area (Å²) in [6.45, 7) is -0.889. The molecule has 0 saturated carbocycles. The van der Waals surface area contributed by atoms with Gasteiger partial charge >= 0.3 is 0 Å². The number of rotatable bonds is 4. The van der Waals surface area contributed by atoms with Gasteiger partial charge in [-0.3, -0.25) is 0 Å². The summed E-state index contributed by atoms with van der Waals surface area (Å²) in [4.78, 5) is 0. The van der Waals surface area contributed by atoms with Crippen LogP contribution in [-0.4, -0.2) is 93.1 Å². The van der Waals surface area contributed by atoms with Crippen molar-refractivity contribution in [2.75, 3.05) is 13.2 Å². The maximum atomic E-state index is 9.82. The van der Waals surface area contributed by atoms with E-state index in [1.165, 1.54) is 0 Å². The average molecular weight is 310 g/mol. The lowest BCUT2D eigenvalue weighted by Crippen LogP contribution is -2.55. The van der Waals surface area contributed by atoms with Crippen molar-refractivity contribution in [2.45, 2.75) is 62.0 Å². The van der Waals surface area contributed by atoms with Gasteiger partial charge in [-0.1, -0.05) is 0 Å².